The number of aldehydes is 1. The summed E-state index contributed by atoms with van der Waals surface area (Å²) < 4.78 is 21.1. The second-order valence-corrected chi connectivity index (χ2v) is 11.8. The summed E-state index contributed by atoms with van der Waals surface area (Å²) in [4.78, 5) is 71.6. The molecule has 12 heteroatoms. The van der Waals surface area contributed by atoms with E-state index in [-0.39, 0.29) is 58.5 Å². The molecule has 2 aromatic carbocycles. The van der Waals surface area contributed by atoms with Gasteiger partial charge >= 0.3 is 11.8 Å². The van der Waals surface area contributed by atoms with Crippen LogP contribution in [0.15, 0.2) is 53.3 Å². The van der Waals surface area contributed by atoms with Gasteiger partial charge in [-0.05, 0) is 55.4 Å². The van der Waals surface area contributed by atoms with E-state index in [1.165, 1.54) is 24.7 Å². The predicted molar refractivity (Wildman–Crippen MR) is 161 cm³/mol. The first-order chi connectivity index (χ1) is 21.0. The maximum Gasteiger partial charge on any atom is 0.311 e. The van der Waals surface area contributed by atoms with Crippen molar-refractivity contribution in [2.24, 2.45) is 5.41 Å². The molecule has 3 aliphatic rings. The van der Waals surface area contributed by atoms with Crippen LogP contribution in [0.5, 0.6) is 5.75 Å². The molecule has 3 amide bonds. The molecule has 1 saturated carbocycles. The van der Waals surface area contributed by atoms with Crippen molar-refractivity contribution >= 4 is 24.0 Å². The van der Waals surface area contributed by atoms with E-state index in [1.54, 1.807) is 31.2 Å². The Hall–Kier alpha value is -4.87. The molecular formula is C32H38FN5O6. The Morgan fingerprint density at radius 3 is 2.43 bits per heavy atom. The van der Waals surface area contributed by atoms with E-state index in [4.69, 9.17) is 4.74 Å². The molecule has 0 radical (unpaired) electrons. The molecule has 44 heavy (non-hydrogen) atoms. The quantitative estimate of drug-likeness (QED) is 0.297. The summed E-state index contributed by atoms with van der Waals surface area (Å²) in [6.07, 6.45) is 1.96. The van der Waals surface area contributed by atoms with Gasteiger partial charge < -0.3 is 25.1 Å². The highest BCUT2D eigenvalue weighted by molar-refractivity contribution is 6.35. The molecule has 1 fully saturated rings. The molecule has 1 aromatic heterocycles. The zero-order valence-electron chi connectivity index (χ0n) is 24.8. The van der Waals surface area contributed by atoms with Crippen molar-refractivity contribution in [2.75, 3.05) is 14.1 Å². The van der Waals surface area contributed by atoms with Crippen molar-refractivity contribution in [1.29, 1.82) is 0 Å². The van der Waals surface area contributed by atoms with Crippen LogP contribution in [0.1, 0.15) is 61.5 Å². The van der Waals surface area contributed by atoms with Gasteiger partial charge in [0.2, 0.25) is 5.75 Å². The summed E-state index contributed by atoms with van der Waals surface area (Å²) >= 11 is 0. The lowest BCUT2D eigenvalue weighted by Crippen LogP contribution is -2.54. The number of carbonyl (C=O) groups excluding carboxylic acids is 4. The Morgan fingerprint density at radius 2 is 1.80 bits per heavy atom. The third kappa shape index (κ3) is 5.84. The summed E-state index contributed by atoms with van der Waals surface area (Å²) in [5, 5.41) is 5.54. The van der Waals surface area contributed by atoms with Gasteiger partial charge in [0.25, 0.3) is 11.5 Å². The standard InChI is InChI=1S/C32H34FN5O6.2H2/c1-20-15-22(9-10-23(20)33)16-34-26(40)24-25(44-17-21-7-5-4-6-8-21)28(42)38-18-31(19-39)11-13-32(14-12-31,30(38)35-24)36-27(41)29(43)37(2)3;;/h4-10,15,19H,11-14,16-18H2,1-3H3,(H,34,40)(H,36,41);2*1H. The number of aromatic nitrogens is 2. The van der Waals surface area contributed by atoms with Crippen LogP contribution >= 0.6 is 0 Å². The average molecular weight is 608 g/mol. The molecule has 0 unspecified atom stereocenters. The van der Waals surface area contributed by atoms with E-state index in [2.05, 4.69) is 15.6 Å². The van der Waals surface area contributed by atoms with Crippen LogP contribution in [0.4, 0.5) is 4.39 Å². The summed E-state index contributed by atoms with van der Waals surface area (Å²) in [5.41, 5.74) is -1.36. The third-order valence-electron chi connectivity index (χ3n) is 8.45. The number of carbonyl (C=O) groups is 4. The molecule has 2 N–H and O–H groups in total. The van der Waals surface area contributed by atoms with Crippen LogP contribution < -0.4 is 20.9 Å². The number of hydrogen-bond donors (Lipinski definition) is 2. The predicted octanol–water partition coefficient (Wildman–Crippen LogP) is 2.86. The fourth-order valence-corrected chi connectivity index (χ4v) is 5.83. The van der Waals surface area contributed by atoms with Crippen LogP contribution in [0.2, 0.25) is 0 Å². The van der Waals surface area contributed by atoms with Crippen LogP contribution in [0, 0.1) is 18.2 Å². The van der Waals surface area contributed by atoms with Crippen molar-refractivity contribution in [1.82, 2.24) is 25.1 Å². The molecule has 3 aromatic rings. The molecule has 3 heterocycles. The number of rotatable bonds is 8. The van der Waals surface area contributed by atoms with Crippen LogP contribution in [-0.4, -0.2) is 52.6 Å². The van der Waals surface area contributed by atoms with Gasteiger partial charge in [-0.15, -0.1) is 0 Å². The fourth-order valence-electron chi connectivity index (χ4n) is 5.83. The number of aryl methyl sites for hydroxylation is 1. The van der Waals surface area contributed by atoms with Gasteiger partial charge in [-0.3, -0.25) is 23.7 Å². The van der Waals surface area contributed by atoms with Gasteiger partial charge in [-0.1, -0.05) is 42.5 Å². The maximum absolute atomic E-state index is 14.2. The number of amides is 3. The van der Waals surface area contributed by atoms with Gasteiger partial charge in [-0.2, -0.15) is 0 Å². The normalized spacial score (nSPS) is 20.2. The minimum absolute atomic E-state index is 0. The molecule has 234 valence electrons. The number of nitrogens with one attached hydrogen (secondary N) is 2. The molecule has 0 atom stereocenters. The second kappa shape index (κ2) is 12.0. The van der Waals surface area contributed by atoms with E-state index in [0.717, 1.165) is 16.7 Å². The molecule has 2 bridgehead atoms. The number of halogens is 1. The van der Waals surface area contributed by atoms with E-state index in [9.17, 15) is 28.4 Å². The Labute approximate surface area is 256 Å². The molecule has 1 aliphatic carbocycles. The minimum atomic E-state index is -1.29. The highest BCUT2D eigenvalue weighted by Crippen LogP contribution is 2.48. The van der Waals surface area contributed by atoms with E-state index in [0.29, 0.717) is 24.0 Å². The molecule has 0 saturated heterocycles. The smallest absolute Gasteiger partial charge is 0.311 e. The summed E-state index contributed by atoms with van der Waals surface area (Å²) in [6.45, 7) is 1.58. The highest BCUT2D eigenvalue weighted by Gasteiger charge is 2.52. The Morgan fingerprint density at radius 1 is 1.09 bits per heavy atom. The van der Waals surface area contributed by atoms with Crippen LogP contribution in [-0.2, 0) is 39.6 Å². The van der Waals surface area contributed by atoms with Gasteiger partial charge in [0.1, 0.15) is 24.5 Å². The number of ether oxygens (including phenoxy) is 1. The molecule has 6 rings (SSSR count). The second-order valence-electron chi connectivity index (χ2n) is 11.8. The first kappa shape index (κ1) is 30.6. The SMILES string of the molecule is Cc1cc(CNC(=O)c2nc3n(c(=O)c2OCc2ccccc2)CC2(C=O)CCC3(NC(=O)C(=O)N(C)C)CC2)ccc1F.[HH].[HH]. The Balaban J connectivity index is 0.00000288. The molecule has 2 aliphatic heterocycles. The monoisotopic (exact) mass is 607 g/mol. The molecule has 11 nitrogen and oxygen atoms in total. The van der Waals surface area contributed by atoms with Crippen molar-refractivity contribution < 1.29 is 31.2 Å². The van der Waals surface area contributed by atoms with Gasteiger partial charge in [0, 0.05) is 35.5 Å². The topological polar surface area (TPSA) is 140 Å². The lowest BCUT2D eigenvalue weighted by atomic mass is 9.69. The molecular weight excluding hydrogens is 569 g/mol. The van der Waals surface area contributed by atoms with E-state index >= 15 is 0 Å². The number of benzene rings is 2. The van der Waals surface area contributed by atoms with Crippen molar-refractivity contribution in [2.45, 2.75) is 57.8 Å². The fraction of sp³-hybridized carbons (Fsp3) is 0.375. The highest BCUT2D eigenvalue weighted by atomic mass is 19.1. The number of hydrogen-bond acceptors (Lipinski definition) is 7. The van der Waals surface area contributed by atoms with E-state index < -0.39 is 34.2 Å². The lowest BCUT2D eigenvalue weighted by molar-refractivity contribution is -0.145. The third-order valence-corrected chi connectivity index (χ3v) is 8.45. The Bertz CT molecular complexity index is 1690. The summed E-state index contributed by atoms with van der Waals surface area (Å²) in [6, 6.07) is 13.5. The van der Waals surface area contributed by atoms with Crippen LogP contribution in [0.3, 0.4) is 0 Å². The minimum Gasteiger partial charge on any atom is -0.481 e. The van der Waals surface area contributed by atoms with Gasteiger partial charge in [0.15, 0.2) is 5.69 Å². The molecule has 0 spiro atoms. The maximum atomic E-state index is 14.2. The van der Waals surface area contributed by atoms with Crippen molar-refractivity contribution in [3.8, 4) is 5.75 Å². The van der Waals surface area contributed by atoms with Gasteiger partial charge in [0.05, 0.1) is 5.54 Å². The summed E-state index contributed by atoms with van der Waals surface area (Å²) in [5.74, 6) is -3.00. The first-order valence-electron chi connectivity index (χ1n) is 14.3. The number of nitrogens with zero attached hydrogens (tertiary/aromatic N) is 3. The average Bonchev–Trinajstić information content (AvgIpc) is 3.24. The van der Waals surface area contributed by atoms with Crippen LogP contribution in [0.25, 0.3) is 0 Å². The largest absolute Gasteiger partial charge is 0.481 e. The van der Waals surface area contributed by atoms with Crippen molar-refractivity contribution in [3.63, 3.8) is 0 Å². The number of fused-ring (bicyclic) bond motifs is 2. The number of likely N-dealkylation sites (N-methyl/N-ethyl adjacent to an activating group) is 1. The zero-order chi connectivity index (χ0) is 31.6. The summed E-state index contributed by atoms with van der Waals surface area (Å²) in [7, 11) is 2.89. The Kier molecular flexibility index (Phi) is 8.36. The first-order valence-corrected chi connectivity index (χ1v) is 14.3. The lowest BCUT2D eigenvalue weighted by Gasteiger charge is -2.39. The zero-order valence-corrected chi connectivity index (χ0v) is 24.8. The van der Waals surface area contributed by atoms with Crippen molar-refractivity contribution in [3.05, 3.63) is 92.9 Å². The van der Waals surface area contributed by atoms with Gasteiger partial charge in [-0.25, -0.2) is 9.37 Å². The van der Waals surface area contributed by atoms with E-state index in [1.807, 2.05) is 18.2 Å².